The van der Waals surface area contributed by atoms with E-state index in [1.165, 1.54) is 24.8 Å². The molecule has 3 heterocycles. The molecule has 2 fully saturated rings. The number of hydrogen-bond acceptors (Lipinski definition) is 7. The van der Waals surface area contributed by atoms with Crippen molar-refractivity contribution in [3.05, 3.63) is 65.1 Å². The summed E-state index contributed by atoms with van der Waals surface area (Å²) < 4.78 is 14.5. The number of amides is 1. The fraction of sp³-hybridized carbons (Fsp3) is 0.308. The van der Waals surface area contributed by atoms with Gasteiger partial charge in [-0.3, -0.25) is 9.69 Å². The monoisotopic (exact) mass is 475 g/mol. The minimum absolute atomic E-state index is 0.0460. The van der Waals surface area contributed by atoms with Gasteiger partial charge >= 0.3 is 0 Å². The van der Waals surface area contributed by atoms with Crippen molar-refractivity contribution in [2.45, 2.75) is 25.9 Å². The molecule has 0 spiro atoms. The van der Waals surface area contributed by atoms with Gasteiger partial charge in [-0.05, 0) is 60.6 Å². The fourth-order valence-electron chi connectivity index (χ4n) is 5.33. The van der Waals surface area contributed by atoms with Crippen molar-refractivity contribution in [3.8, 4) is 5.75 Å². The van der Waals surface area contributed by atoms with E-state index < -0.39 is 5.82 Å². The Morgan fingerprint density at radius 3 is 2.86 bits per heavy atom. The number of aliphatic hydroxyl groups excluding tert-OH is 1. The molecule has 6 rings (SSSR count). The lowest BCUT2D eigenvalue weighted by molar-refractivity contribution is 0.102. The van der Waals surface area contributed by atoms with Crippen LogP contribution in [0.5, 0.6) is 5.75 Å². The zero-order chi connectivity index (χ0) is 24.3. The van der Waals surface area contributed by atoms with E-state index in [9.17, 15) is 19.4 Å². The Hall–Kier alpha value is -3.69. The van der Waals surface area contributed by atoms with Crippen LogP contribution >= 0.6 is 0 Å². The Balaban J connectivity index is 1.27. The summed E-state index contributed by atoms with van der Waals surface area (Å²) >= 11 is 0. The normalized spacial score (nSPS) is 22.4. The molecule has 1 saturated heterocycles. The Bertz CT molecular complexity index is 1350. The minimum Gasteiger partial charge on any atom is -0.508 e. The third-order valence-corrected chi connectivity index (χ3v) is 7.30. The summed E-state index contributed by atoms with van der Waals surface area (Å²) in [7, 11) is 0. The van der Waals surface area contributed by atoms with E-state index in [-0.39, 0.29) is 35.6 Å². The van der Waals surface area contributed by atoms with E-state index in [4.69, 9.17) is 0 Å². The predicted molar refractivity (Wildman–Crippen MR) is 131 cm³/mol. The highest BCUT2D eigenvalue weighted by molar-refractivity contribution is 6.15. The summed E-state index contributed by atoms with van der Waals surface area (Å²) in [5, 5.41) is 28.9. The third-order valence-electron chi connectivity index (χ3n) is 7.30. The van der Waals surface area contributed by atoms with Crippen LogP contribution in [0.1, 0.15) is 27.9 Å². The van der Waals surface area contributed by atoms with E-state index in [0.29, 0.717) is 46.8 Å². The first kappa shape index (κ1) is 21.8. The van der Waals surface area contributed by atoms with Crippen LogP contribution in [-0.2, 0) is 6.54 Å². The van der Waals surface area contributed by atoms with Gasteiger partial charge in [-0.1, -0.05) is 6.07 Å². The number of phenolic OH excluding ortho intramolecular Hbond substituents is 1. The van der Waals surface area contributed by atoms with Crippen LogP contribution in [0.15, 0.2) is 42.6 Å². The van der Waals surface area contributed by atoms with Gasteiger partial charge in [0.05, 0.1) is 29.4 Å². The average molecular weight is 476 g/mol. The maximum atomic E-state index is 14.5. The molecule has 1 aromatic heterocycles. The molecule has 2 aromatic carbocycles. The summed E-state index contributed by atoms with van der Waals surface area (Å²) in [4.78, 5) is 19.9. The molecule has 8 nitrogen and oxygen atoms in total. The Labute approximate surface area is 201 Å². The maximum Gasteiger partial charge on any atom is 0.261 e. The molecule has 0 bridgehead atoms. The van der Waals surface area contributed by atoms with Gasteiger partial charge < -0.3 is 26.2 Å². The Morgan fingerprint density at radius 1 is 1.17 bits per heavy atom. The molecule has 5 N–H and O–H groups in total. The molecule has 9 heteroatoms. The summed E-state index contributed by atoms with van der Waals surface area (Å²) in [6.07, 6.45) is 2.74. The van der Waals surface area contributed by atoms with Crippen molar-refractivity contribution < 1.29 is 19.4 Å². The lowest BCUT2D eigenvalue weighted by Crippen LogP contribution is -2.35. The van der Waals surface area contributed by atoms with E-state index in [1.54, 1.807) is 13.0 Å². The van der Waals surface area contributed by atoms with Crippen molar-refractivity contribution in [3.63, 3.8) is 0 Å². The van der Waals surface area contributed by atoms with Crippen LogP contribution < -0.4 is 16.0 Å². The number of aliphatic hydroxyl groups is 1. The van der Waals surface area contributed by atoms with Gasteiger partial charge in [0.15, 0.2) is 0 Å². The van der Waals surface area contributed by atoms with Gasteiger partial charge in [0, 0.05) is 31.4 Å². The highest BCUT2D eigenvalue weighted by atomic mass is 19.1. The van der Waals surface area contributed by atoms with E-state index in [2.05, 4.69) is 25.8 Å². The van der Waals surface area contributed by atoms with Crippen molar-refractivity contribution >= 4 is 34.5 Å². The summed E-state index contributed by atoms with van der Waals surface area (Å²) in [5.74, 6) is 0.675. The first-order chi connectivity index (χ1) is 16.9. The topological polar surface area (TPSA) is 110 Å². The first-order valence-corrected chi connectivity index (χ1v) is 11.7. The number of carbonyl (C=O) groups is 1. The van der Waals surface area contributed by atoms with Gasteiger partial charge in [0.1, 0.15) is 22.9 Å². The van der Waals surface area contributed by atoms with Crippen molar-refractivity contribution in [1.82, 2.24) is 9.88 Å². The van der Waals surface area contributed by atoms with Crippen LogP contribution in [-0.4, -0.2) is 45.2 Å². The smallest absolute Gasteiger partial charge is 0.261 e. The van der Waals surface area contributed by atoms with Crippen molar-refractivity contribution in [1.29, 1.82) is 0 Å². The van der Waals surface area contributed by atoms with Crippen LogP contribution in [0.2, 0.25) is 0 Å². The van der Waals surface area contributed by atoms with Crippen LogP contribution in [0, 0.1) is 24.6 Å². The second-order valence-electron chi connectivity index (χ2n) is 9.62. The van der Waals surface area contributed by atoms with Crippen LogP contribution in [0.3, 0.4) is 0 Å². The Morgan fingerprint density at radius 2 is 2.03 bits per heavy atom. The number of piperidine rings is 1. The summed E-state index contributed by atoms with van der Waals surface area (Å²) in [6, 6.07) is 10.2. The minimum atomic E-state index is -0.540. The zero-order valence-electron chi connectivity index (χ0n) is 19.2. The average Bonchev–Trinajstić information content (AvgIpc) is 3.52. The molecule has 3 aromatic rings. The highest BCUT2D eigenvalue weighted by Gasteiger charge is 2.51. The SMILES string of the molecule is Cc1cc(F)c(Nc2ccnc3c2C(=O)Nc2cc(CN4CC5CC5C4CO)ccc2N3)cc1O. The molecular formula is C26H26FN5O3. The number of anilines is 5. The van der Waals surface area contributed by atoms with Gasteiger partial charge in [-0.15, -0.1) is 0 Å². The quantitative estimate of drug-likeness (QED) is 0.378. The van der Waals surface area contributed by atoms with E-state index in [1.807, 2.05) is 18.2 Å². The maximum absolute atomic E-state index is 14.5. The fourth-order valence-corrected chi connectivity index (χ4v) is 5.33. The number of aromatic nitrogens is 1. The number of benzene rings is 2. The summed E-state index contributed by atoms with van der Waals surface area (Å²) in [5.41, 5.74) is 3.44. The van der Waals surface area contributed by atoms with Gasteiger partial charge in [0.25, 0.3) is 5.91 Å². The van der Waals surface area contributed by atoms with Crippen molar-refractivity contribution in [2.75, 3.05) is 29.1 Å². The molecular weight excluding hydrogens is 449 g/mol. The highest BCUT2D eigenvalue weighted by Crippen LogP contribution is 2.49. The lowest BCUT2D eigenvalue weighted by atomic mass is 10.1. The van der Waals surface area contributed by atoms with Gasteiger partial charge in [-0.2, -0.15) is 0 Å². The standard InChI is InChI=1S/C26H26FN5O3/c1-13-6-17(27)20(9-23(13)34)29-19-4-5-28-25-24(19)26(35)31-21-7-14(2-3-18(21)30-25)10-32-11-15-8-16(15)22(32)12-33/h2-7,9,15-16,22,33-34H,8,10-12H2,1H3,(H,31,35)(H2,28,29,30). The number of fused-ring (bicyclic) bond motifs is 3. The number of aryl methyl sites for hydroxylation is 1. The number of rotatable bonds is 5. The number of aromatic hydroxyl groups is 1. The molecule has 3 aliphatic rings. The molecule has 2 aliphatic heterocycles. The molecule has 3 atom stereocenters. The van der Waals surface area contributed by atoms with Crippen LogP contribution in [0.25, 0.3) is 0 Å². The predicted octanol–water partition coefficient (Wildman–Crippen LogP) is 4.10. The second kappa shape index (κ2) is 8.21. The number of pyridine rings is 1. The molecule has 1 aliphatic carbocycles. The number of carbonyl (C=O) groups excluding carboxylic acids is 1. The van der Waals surface area contributed by atoms with E-state index >= 15 is 0 Å². The molecule has 0 radical (unpaired) electrons. The zero-order valence-corrected chi connectivity index (χ0v) is 19.2. The Kier molecular flexibility index (Phi) is 5.12. The molecule has 35 heavy (non-hydrogen) atoms. The van der Waals surface area contributed by atoms with Crippen molar-refractivity contribution in [2.24, 2.45) is 11.8 Å². The molecule has 1 amide bonds. The second-order valence-corrected chi connectivity index (χ2v) is 9.62. The number of nitrogens with zero attached hydrogens (tertiary/aromatic N) is 2. The number of hydrogen-bond donors (Lipinski definition) is 5. The molecule has 3 unspecified atom stereocenters. The number of halogens is 1. The largest absolute Gasteiger partial charge is 0.508 e. The van der Waals surface area contributed by atoms with Gasteiger partial charge in [-0.25, -0.2) is 9.37 Å². The number of likely N-dealkylation sites (tertiary alicyclic amines) is 1. The third kappa shape index (κ3) is 3.86. The first-order valence-electron chi connectivity index (χ1n) is 11.7. The lowest BCUT2D eigenvalue weighted by Gasteiger charge is -2.26. The van der Waals surface area contributed by atoms with Gasteiger partial charge in [0.2, 0.25) is 0 Å². The number of phenols is 1. The number of nitrogens with one attached hydrogen (secondary N) is 3. The van der Waals surface area contributed by atoms with E-state index in [0.717, 1.165) is 12.1 Å². The summed E-state index contributed by atoms with van der Waals surface area (Å²) in [6.45, 7) is 3.48. The molecule has 180 valence electrons. The molecule has 1 saturated carbocycles. The van der Waals surface area contributed by atoms with Crippen LogP contribution in [0.4, 0.5) is 33.0 Å².